The summed E-state index contributed by atoms with van der Waals surface area (Å²) in [6, 6.07) is 0. The highest BCUT2D eigenvalue weighted by atomic mass is 28.4. The summed E-state index contributed by atoms with van der Waals surface area (Å²) >= 11 is 0. The van der Waals surface area contributed by atoms with E-state index in [4.69, 9.17) is 9.16 Å². The Morgan fingerprint density at radius 3 is 2.32 bits per heavy atom. The van der Waals surface area contributed by atoms with Gasteiger partial charge in [0.25, 0.3) is 0 Å². The number of ketones is 2. The van der Waals surface area contributed by atoms with Crippen molar-refractivity contribution in [3.8, 4) is 0 Å². The van der Waals surface area contributed by atoms with Crippen molar-refractivity contribution < 1.29 is 23.5 Å². The van der Waals surface area contributed by atoms with E-state index in [0.717, 1.165) is 12.8 Å². The van der Waals surface area contributed by atoms with E-state index >= 15 is 0 Å². The molecule has 0 N–H and O–H groups in total. The van der Waals surface area contributed by atoms with Gasteiger partial charge in [-0.3, -0.25) is 14.4 Å². The number of cyclic esters (lactones) is 1. The first kappa shape index (κ1) is 23.2. The minimum atomic E-state index is -2.07. The van der Waals surface area contributed by atoms with E-state index in [1.165, 1.54) is 0 Å². The van der Waals surface area contributed by atoms with Crippen molar-refractivity contribution in [1.29, 1.82) is 0 Å². The Labute approximate surface area is 188 Å². The number of esters is 1. The molecule has 2 spiro atoms. The lowest BCUT2D eigenvalue weighted by Gasteiger charge is -2.65. The fourth-order valence-electron chi connectivity index (χ4n) is 7.03. The van der Waals surface area contributed by atoms with Crippen LogP contribution in [0.15, 0.2) is 0 Å². The Hall–Kier alpha value is -1.01. The van der Waals surface area contributed by atoms with E-state index in [0.29, 0.717) is 19.3 Å². The number of ether oxygens (including phenoxy) is 1. The lowest BCUT2D eigenvalue weighted by Crippen LogP contribution is -2.73. The normalized spacial score (nSPS) is 42.5. The summed E-state index contributed by atoms with van der Waals surface area (Å²) in [5.74, 6) is -0.339. The second kappa shape index (κ2) is 6.75. The van der Waals surface area contributed by atoms with Crippen LogP contribution < -0.4 is 0 Å². The lowest BCUT2D eigenvalue weighted by atomic mass is 9.38. The van der Waals surface area contributed by atoms with Gasteiger partial charge in [-0.2, -0.15) is 0 Å². The van der Waals surface area contributed by atoms with Crippen molar-refractivity contribution in [3.63, 3.8) is 0 Å². The number of carbonyl (C=O) groups excluding carboxylic acids is 3. The predicted molar refractivity (Wildman–Crippen MR) is 121 cm³/mol. The van der Waals surface area contributed by atoms with E-state index in [2.05, 4.69) is 33.9 Å². The summed E-state index contributed by atoms with van der Waals surface area (Å²) in [4.78, 5) is 40.9. The molecule has 4 aliphatic carbocycles. The van der Waals surface area contributed by atoms with E-state index in [1.54, 1.807) is 0 Å². The van der Waals surface area contributed by atoms with Gasteiger partial charge in [-0.1, -0.05) is 41.5 Å². The third-order valence-electron chi connectivity index (χ3n) is 10.1. The zero-order valence-electron chi connectivity index (χ0n) is 20.6. The van der Waals surface area contributed by atoms with Gasteiger partial charge in [0.2, 0.25) is 0 Å². The minimum Gasteiger partial charge on any atom is -0.464 e. The van der Waals surface area contributed by atoms with Gasteiger partial charge in [-0.05, 0) is 56.2 Å². The van der Waals surface area contributed by atoms with Crippen LogP contribution in [0.3, 0.4) is 0 Å². The van der Waals surface area contributed by atoms with E-state index < -0.39 is 30.5 Å². The molecule has 0 aromatic rings. The number of carbonyl (C=O) groups is 3. The molecule has 0 aromatic heterocycles. The second-order valence-corrected chi connectivity index (χ2v) is 17.6. The molecule has 0 amide bonds. The summed E-state index contributed by atoms with van der Waals surface area (Å²) in [5, 5.41) is 0.0541. The van der Waals surface area contributed by atoms with Crippen molar-refractivity contribution in [2.24, 2.45) is 34.0 Å². The summed E-state index contributed by atoms with van der Waals surface area (Å²) in [6.07, 6.45) is 3.38. The summed E-state index contributed by atoms with van der Waals surface area (Å²) in [7, 11) is -2.07. The molecule has 6 atom stereocenters. The molecule has 5 nitrogen and oxygen atoms in total. The second-order valence-electron chi connectivity index (χ2n) is 12.9. The molecule has 6 heteroatoms. The molecule has 5 aliphatic rings. The third-order valence-corrected chi connectivity index (χ3v) is 14.6. The predicted octanol–water partition coefficient (Wildman–Crippen LogP) is 4.93. The van der Waals surface area contributed by atoms with Gasteiger partial charge in [-0.15, -0.1) is 0 Å². The van der Waals surface area contributed by atoms with Gasteiger partial charge in [0.1, 0.15) is 12.4 Å². The minimum absolute atomic E-state index is 0.0541. The van der Waals surface area contributed by atoms with Crippen molar-refractivity contribution in [3.05, 3.63) is 0 Å². The van der Waals surface area contributed by atoms with Crippen LogP contribution >= 0.6 is 0 Å². The van der Waals surface area contributed by atoms with Crippen LogP contribution in [0.2, 0.25) is 18.1 Å². The first-order valence-electron chi connectivity index (χ1n) is 12.1. The largest absolute Gasteiger partial charge is 0.464 e. The Bertz CT molecular complexity index is 824. The average Bonchev–Trinajstić information content (AvgIpc) is 2.67. The van der Waals surface area contributed by atoms with E-state index in [-0.39, 0.29) is 47.1 Å². The topological polar surface area (TPSA) is 69.7 Å². The molecule has 31 heavy (non-hydrogen) atoms. The Kier molecular flexibility index (Phi) is 5.04. The number of hydrogen-bond donors (Lipinski definition) is 0. The van der Waals surface area contributed by atoms with Crippen LogP contribution in [-0.4, -0.2) is 38.6 Å². The summed E-state index contributed by atoms with van der Waals surface area (Å²) in [6.45, 7) is 17.1. The number of fused-ring (bicyclic) bond motifs is 2. The zero-order valence-corrected chi connectivity index (χ0v) is 21.6. The summed E-state index contributed by atoms with van der Waals surface area (Å²) < 4.78 is 12.5. The summed E-state index contributed by atoms with van der Waals surface area (Å²) in [5.41, 5.74) is -2.51. The van der Waals surface area contributed by atoms with E-state index in [1.807, 2.05) is 20.8 Å². The van der Waals surface area contributed by atoms with Gasteiger partial charge < -0.3 is 9.16 Å². The van der Waals surface area contributed by atoms with Crippen molar-refractivity contribution >= 4 is 25.9 Å². The third kappa shape index (κ3) is 2.86. The Balaban J connectivity index is 1.74. The molecule has 1 heterocycles. The van der Waals surface area contributed by atoms with Crippen molar-refractivity contribution in [2.45, 2.75) is 97.9 Å². The van der Waals surface area contributed by atoms with Crippen LogP contribution in [0, 0.1) is 34.0 Å². The van der Waals surface area contributed by atoms with Gasteiger partial charge in [0, 0.05) is 11.3 Å². The van der Waals surface area contributed by atoms with Crippen molar-refractivity contribution in [1.82, 2.24) is 0 Å². The molecule has 0 unspecified atom stereocenters. The molecule has 5 rings (SSSR count). The van der Waals surface area contributed by atoms with E-state index in [9.17, 15) is 14.4 Å². The first-order valence-corrected chi connectivity index (χ1v) is 15.0. The van der Waals surface area contributed by atoms with Crippen LogP contribution in [-0.2, 0) is 23.5 Å². The van der Waals surface area contributed by atoms with Crippen molar-refractivity contribution in [2.75, 3.05) is 6.61 Å². The molecule has 174 valence electrons. The monoisotopic (exact) mass is 448 g/mol. The maximum Gasteiger partial charge on any atom is 0.310 e. The Morgan fingerprint density at radius 2 is 1.71 bits per heavy atom. The molecule has 0 radical (unpaired) electrons. The highest BCUT2D eigenvalue weighted by Crippen LogP contribution is 2.68. The molecule has 0 aromatic carbocycles. The van der Waals surface area contributed by atoms with Crippen LogP contribution in [0.5, 0.6) is 0 Å². The smallest absolute Gasteiger partial charge is 0.310 e. The SMILES string of the molecule is C[C@H]1C(=O)[C@]23CC[C@H]1C[C@H]2C(=O)OC[C@@]31CC[C@H](O[Si](C)(C)C(C)(C)C)C(C)(C)C1=O. The Morgan fingerprint density at radius 1 is 1.06 bits per heavy atom. The zero-order chi connectivity index (χ0) is 23.2. The molecule has 4 saturated carbocycles. The van der Waals surface area contributed by atoms with Crippen LogP contribution in [0.25, 0.3) is 0 Å². The van der Waals surface area contributed by atoms with Gasteiger partial charge >= 0.3 is 5.97 Å². The van der Waals surface area contributed by atoms with Gasteiger partial charge in [0.05, 0.1) is 22.9 Å². The molecule has 2 bridgehead atoms. The number of hydrogen-bond acceptors (Lipinski definition) is 5. The first-order chi connectivity index (χ1) is 14.1. The molecule has 1 aliphatic heterocycles. The fraction of sp³-hybridized carbons (Fsp3) is 0.880. The average molecular weight is 449 g/mol. The lowest BCUT2D eigenvalue weighted by molar-refractivity contribution is -0.223. The quantitative estimate of drug-likeness (QED) is 0.442. The number of rotatable bonds is 2. The molecular formula is C25H40O5Si. The maximum atomic E-state index is 14.4. The highest BCUT2D eigenvalue weighted by Gasteiger charge is 2.75. The molecular weight excluding hydrogens is 408 g/mol. The number of Topliss-reactive ketones (excluding diaryl/α,β-unsaturated/α-hetero) is 2. The maximum absolute atomic E-state index is 14.4. The molecule has 1 saturated heterocycles. The van der Waals surface area contributed by atoms with Crippen LogP contribution in [0.1, 0.15) is 73.6 Å². The van der Waals surface area contributed by atoms with Gasteiger partial charge in [0.15, 0.2) is 14.1 Å². The van der Waals surface area contributed by atoms with Gasteiger partial charge in [-0.25, -0.2) is 0 Å². The molecule has 5 fully saturated rings. The highest BCUT2D eigenvalue weighted by molar-refractivity contribution is 6.74. The standard InChI is InChI=1S/C25H40O5Si/c1-15-16-9-12-25(19(15)26)17(13-16)20(27)29-14-24(25)11-10-18(23(5,6)21(24)28)30-31(7,8)22(2,3)4/h15-18H,9-14H2,1-8H3/t15-,16+,17+,18+,24-,25+/m1/s1. The fourth-order valence-corrected chi connectivity index (χ4v) is 8.50. The van der Waals surface area contributed by atoms with Crippen LogP contribution in [0.4, 0.5) is 0 Å².